The van der Waals surface area contributed by atoms with Crippen molar-refractivity contribution in [1.82, 2.24) is 0 Å². The maximum atomic E-state index is 12.3. The van der Waals surface area contributed by atoms with Gasteiger partial charge >= 0.3 is 0 Å². The van der Waals surface area contributed by atoms with Gasteiger partial charge in [0.2, 0.25) is 5.91 Å². The molecule has 0 spiro atoms. The van der Waals surface area contributed by atoms with Gasteiger partial charge in [-0.05, 0) is 43.2 Å². The summed E-state index contributed by atoms with van der Waals surface area (Å²) in [6.07, 6.45) is 2.20. The Labute approximate surface area is 145 Å². The standard InChI is InChI=1S/C19H20N2O4/c20-18(22)13-4-1-5-14(10-13)19(23)21-15-6-2-7-16(11-15)25-12-17-8-3-9-24-17/h1-2,4-7,10-11,17H,3,8-9,12H2,(H2,20,22)(H,21,23)/t17-/m1/s1. The van der Waals surface area contributed by atoms with E-state index in [1.807, 2.05) is 6.07 Å². The van der Waals surface area contributed by atoms with E-state index in [1.165, 1.54) is 6.07 Å². The smallest absolute Gasteiger partial charge is 0.255 e. The molecule has 1 aliphatic heterocycles. The van der Waals surface area contributed by atoms with Crippen LogP contribution in [0.5, 0.6) is 5.75 Å². The van der Waals surface area contributed by atoms with Gasteiger partial charge in [0.25, 0.3) is 5.91 Å². The van der Waals surface area contributed by atoms with E-state index < -0.39 is 5.91 Å². The molecule has 2 amide bonds. The Hall–Kier alpha value is -2.86. The number of benzene rings is 2. The molecule has 0 bridgehead atoms. The highest BCUT2D eigenvalue weighted by Crippen LogP contribution is 2.20. The van der Waals surface area contributed by atoms with Gasteiger partial charge in [0.15, 0.2) is 0 Å². The van der Waals surface area contributed by atoms with Crippen molar-refractivity contribution in [3.05, 3.63) is 59.7 Å². The van der Waals surface area contributed by atoms with E-state index >= 15 is 0 Å². The van der Waals surface area contributed by atoms with Crippen molar-refractivity contribution in [2.75, 3.05) is 18.5 Å². The summed E-state index contributed by atoms with van der Waals surface area (Å²) >= 11 is 0. The molecule has 6 heteroatoms. The number of nitrogens with two attached hydrogens (primary N) is 1. The van der Waals surface area contributed by atoms with E-state index in [4.69, 9.17) is 15.2 Å². The number of ether oxygens (including phenoxy) is 2. The van der Waals surface area contributed by atoms with Gasteiger partial charge < -0.3 is 20.5 Å². The van der Waals surface area contributed by atoms with E-state index in [0.29, 0.717) is 29.2 Å². The Kier molecular flexibility index (Phi) is 5.30. The molecule has 0 saturated carbocycles. The van der Waals surface area contributed by atoms with E-state index in [0.717, 1.165) is 19.4 Å². The maximum absolute atomic E-state index is 12.3. The Balaban J connectivity index is 1.63. The Morgan fingerprint density at radius 1 is 1.16 bits per heavy atom. The van der Waals surface area contributed by atoms with Gasteiger partial charge in [0.05, 0.1) is 6.10 Å². The number of anilines is 1. The molecule has 1 aliphatic rings. The van der Waals surface area contributed by atoms with Gasteiger partial charge in [0.1, 0.15) is 12.4 Å². The molecule has 2 aromatic rings. The van der Waals surface area contributed by atoms with E-state index in [1.54, 1.807) is 36.4 Å². The first-order valence-electron chi connectivity index (χ1n) is 8.17. The highest BCUT2D eigenvalue weighted by atomic mass is 16.5. The quantitative estimate of drug-likeness (QED) is 0.846. The largest absolute Gasteiger partial charge is 0.491 e. The molecule has 0 unspecified atom stereocenters. The monoisotopic (exact) mass is 340 g/mol. The molecule has 130 valence electrons. The lowest BCUT2D eigenvalue weighted by Gasteiger charge is -2.12. The molecule has 25 heavy (non-hydrogen) atoms. The van der Waals surface area contributed by atoms with Crippen LogP contribution in [0, 0.1) is 0 Å². The van der Waals surface area contributed by atoms with Crippen molar-refractivity contribution in [3.8, 4) is 5.75 Å². The van der Waals surface area contributed by atoms with Gasteiger partial charge in [-0.2, -0.15) is 0 Å². The number of amides is 2. The topological polar surface area (TPSA) is 90.7 Å². The summed E-state index contributed by atoms with van der Waals surface area (Å²) in [7, 11) is 0. The molecular formula is C19H20N2O4. The Morgan fingerprint density at radius 3 is 2.72 bits per heavy atom. The predicted octanol–water partition coefficient (Wildman–Crippen LogP) is 2.60. The molecule has 3 rings (SSSR count). The molecule has 0 radical (unpaired) electrons. The first-order chi connectivity index (χ1) is 12.1. The third-order valence-corrected chi connectivity index (χ3v) is 3.96. The number of rotatable bonds is 6. The van der Waals surface area contributed by atoms with Crippen LogP contribution < -0.4 is 15.8 Å². The average molecular weight is 340 g/mol. The number of nitrogens with one attached hydrogen (secondary N) is 1. The van der Waals surface area contributed by atoms with Crippen LogP contribution in [0.15, 0.2) is 48.5 Å². The molecule has 1 saturated heterocycles. The lowest BCUT2D eigenvalue weighted by molar-refractivity contribution is 0.0679. The summed E-state index contributed by atoms with van der Waals surface area (Å²) in [5.41, 5.74) is 6.51. The lowest BCUT2D eigenvalue weighted by Crippen LogP contribution is -2.17. The summed E-state index contributed by atoms with van der Waals surface area (Å²) in [4.78, 5) is 23.6. The van der Waals surface area contributed by atoms with Gasteiger partial charge in [-0.1, -0.05) is 12.1 Å². The van der Waals surface area contributed by atoms with Crippen molar-refractivity contribution >= 4 is 17.5 Å². The fraction of sp³-hybridized carbons (Fsp3) is 0.263. The van der Waals surface area contributed by atoms with Gasteiger partial charge in [-0.15, -0.1) is 0 Å². The molecule has 0 aromatic heterocycles. The molecule has 0 aliphatic carbocycles. The Bertz CT molecular complexity index is 770. The van der Waals surface area contributed by atoms with Gasteiger partial charge in [-0.3, -0.25) is 9.59 Å². The van der Waals surface area contributed by atoms with Crippen molar-refractivity contribution in [1.29, 1.82) is 0 Å². The van der Waals surface area contributed by atoms with Crippen LogP contribution in [-0.4, -0.2) is 31.1 Å². The summed E-state index contributed by atoms with van der Waals surface area (Å²) in [5, 5.41) is 2.79. The van der Waals surface area contributed by atoms with Crippen molar-refractivity contribution in [3.63, 3.8) is 0 Å². The highest BCUT2D eigenvalue weighted by molar-refractivity contribution is 6.06. The first-order valence-corrected chi connectivity index (χ1v) is 8.17. The van der Waals surface area contributed by atoms with E-state index in [-0.39, 0.29) is 12.0 Å². The SMILES string of the molecule is NC(=O)c1cccc(C(=O)Nc2cccc(OC[C@H]3CCCO3)c2)c1. The highest BCUT2D eigenvalue weighted by Gasteiger charge is 2.16. The normalized spacial score (nSPS) is 16.4. The molecule has 6 nitrogen and oxygen atoms in total. The minimum Gasteiger partial charge on any atom is -0.491 e. The Morgan fingerprint density at radius 2 is 1.96 bits per heavy atom. The van der Waals surface area contributed by atoms with Crippen molar-refractivity contribution < 1.29 is 19.1 Å². The van der Waals surface area contributed by atoms with Crippen molar-refractivity contribution in [2.45, 2.75) is 18.9 Å². The van der Waals surface area contributed by atoms with Crippen LogP contribution in [-0.2, 0) is 4.74 Å². The maximum Gasteiger partial charge on any atom is 0.255 e. The molecule has 1 fully saturated rings. The molecular weight excluding hydrogens is 320 g/mol. The second kappa shape index (κ2) is 7.81. The van der Waals surface area contributed by atoms with Crippen LogP contribution in [0.4, 0.5) is 5.69 Å². The zero-order valence-corrected chi connectivity index (χ0v) is 13.7. The molecule has 1 atom stereocenters. The van der Waals surface area contributed by atoms with Crippen LogP contribution in [0.2, 0.25) is 0 Å². The molecule has 3 N–H and O–H groups in total. The second-order valence-corrected chi connectivity index (χ2v) is 5.87. The third kappa shape index (κ3) is 4.58. The van der Waals surface area contributed by atoms with Crippen molar-refractivity contribution in [2.24, 2.45) is 5.73 Å². The fourth-order valence-corrected chi connectivity index (χ4v) is 2.65. The van der Waals surface area contributed by atoms with Crippen LogP contribution >= 0.6 is 0 Å². The number of primary amides is 1. The molecule has 2 aromatic carbocycles. The summed E-state index contributed by atoms with van der Waals surface area (Å²) in [5.74, 6) is -0.224. The van der Waals surface area contributed by atoms with Gasteiger partial charge in [-0.25, -0.2) is 0 Å². The summed E-state index contributed by atoms with van der Waals surface area (Å²) < 4.78 is 11.3. The second-order valence-electron chi connectivity index (χ2n) is 5.87. The van der Waals surface area contributed by atoms with Gasteiger partial charge in [0, 0.05) is 29.5 Å². The van der Waals surface area contributed by atoms with E-state index in [2.05, 4.69) is 5.32 Å². The first kappa shape index (κ1) is 17.0. The lowest BCUT2D eigenvalue weighted by atomic mass is 10.1. The number of hydrogen-bond acceptors (Lipinski definition) is 4. The number of carbonyl (C=O) groups excluding carboxylic acids is 2. The van der Waals surface area contributed by atoms with Crippen LogP contribution in [0.25, 0.3) is 0 Å². The zero-order valence-electron chi connectivity index (χ0n) is 13.7. The van der Waals surface area contributed by atoms with E-state index in [9.17, 15) is 9.59 Å². The van der Waals surface area contributed by atoms with Crippen LogP contribution in [0.3, 0.4) is 0 Å². The average Bonchev–Trinajstić information content (AvgIpc) is 3.14. The van der Waals surface area contributed by atoms with Crippen LogP contribution in [0.1, 0.15) is 33.6 Å². The summed E-state index contributed by atoms with van der Waals surface area (Å²) in [6.45, 7) is 1.28. The minimum atomic E-state index is -0.570. The summed E-state index contributed by atoms with van der Waals surface area (Å²) in [6, 6.07) is 13.4. The number of hydrogen-bond donors (Lipinski definition) is 2. The predicted molar refractivity (Wildman–Crippen MR) is 93.8 cm³/mol. The zero-order chi connectivity index (χ0) is 17.6. The molecule has 1 heterocycles. The minimum absolute atomic E-state index is 0.134. The number of carbonyl (C=O) groups is 2. The fourth-order valence-electron chi connectivity index (χ4n) is 2.65. The third-order valence-electron chi connectivity index (χ3n) is 3.96.